The third kappa shape index (κ3) is 9.86. The molecule has 0 amide bonds. The van der Waals surface area contributed by atoms with E-state index in [1.165, 1.54) is 0 Å². The van der Waals surface area contributed by atoms with E-state index in [4.69, 9.17) is 17.3 Å². The zero-order chi connectivity index (χ0) is 16.4. The molecule has 4 nitrogen and oxygen atoms in total. The first-order valence-electron chi connectivity index (χ1n) is 6.53. The van der Waals surface area contributed by atoms with Crippen molar-refractivity contribution in [1.82, 2.24) is 4.90 Å². The third-order valence-corrected chi connectivity index (χ3v) is 2.96. The minimum Gasteiger partial charge on any atom is -0.487 e. The van der Waals surface area contributed by atoms with Crippen LogP contribution >= 0.6 is 24.4 Å². The van der Waals surface area contributed by atoms with E-state index < -0.39 is 5.17 Å². The molecule has 0 saturated heterocycles. The van der Waals surface area contributed by atoms with Crippen molar-refractivity contribution in [2.45, 2.75) is 13.1 Å². The van der Waals surface area contributed by atoms with Gasteiger partial charge in [-0.3, -0.25) is 0 Å². The Morgan fingerprint density at radius 3 is 1.39 bits per heavy atom. The number of nitrogens with two attached hydrogens (primary N) is 1. The fourth-order valence-electron chi connectivity index (χ4n) is 1.80. The number of nitrogens with zero attached hydrogens (tertiary/aromatic N) is 1. The molecule has 0 saturated carbocycles. The van der Waals surface area contributed by atoms with Crippen LogP contribution in [0.2, 0.25) is 0 Å². The second-order valence-electron chi connectivity index (χ2n) is 4.45. The Bertz CT molecular complexity index is 552. The van der Waals surface area contributed by atoms with Crippen molar-refractivity contribution in [2.24, 2.45) is 5.73 Å². The molecule has 0 heterocycles. The van der Waals surface area contributed by atoms with Crippen molar-refractivity contribution in [1.29, 1.82) is 0 Å². The van der Waals surface area contributed by atoms with Crippen LogP contribution in [0.1, 0.15) is 11.1 Å². The molecule has 0 spiro atoms. The molecule has 0 aliphatic rings. The van der Waals surface area contributed by atoms with Crippen LogP contribution in [0.5, 0.6) is 0 Å². The minimum absolute atomic E-state index is 0. The summed E-state index contributed by atoms with van der Waals surface area (Å²) < 4.78 is 0. The summed E-state index contributed by atoms with van der Waals surface area (Å²) in [5.41, 5.74) is 6.66. The molecule has 2 rings (SSSR count). The minimum atomic E-state index is -0.500. The van der Waals surface area contributed by atoms with Gasteiger partial charge in [0.25, 0.3) is 10.3 Å². The first-order valence-corrected chi connectivity index (χ1v) is 7.35. The van der Waals surface area contributed by atoms with E-state index in [-0.39, 0.29) is 22.2 Å². The normalized spacial score (nSPS) is 8.87. The van der Waals surface area contributed by atoms with Crippen LogP contribution in [0.25, 0.3) is 0 Å². The van der Waals surface area contributed by atoms with Gasteiger partial charge in [0.15, 0.2) is 0 Å². The van der Waals surface area contributed by atoms with E-state index in [0.717, 1.165) is 11.1 Å². The summed E-state index contributed by atoms with van der Waals surface area (Å²) in [6.07, 6.45) is 0. The molecule has 0 radical (unpaired) electrons. The van der Waals surface area contributed by atoms with Crippen LogP contribution in [0.3, 0.4) is 0 Å². The molecular formula is C16H18FeN2O2S2. The maximum Gasteiger partial charge on any atom is 0.257 e. The van der Waals surface area contributed by atoms with Crippen molar-refractivity contribution in [2.75, 3.05) is 0 Å². The second-order valence-corrected chi connectivity index (χ2v) is 5.23. The van der Waals surface area contributed by atoms with Crippen LogP contribution in [-0.4, -0.2) is 25.5 Å². The molecule has 0 fully saturated rings. The van der Waals surface area contributed by atoms with Crippen molar-refractivity contribution < 1.29 is 27.3 Å². The van der Waals surface area contributed by atoms with Gasteiger partial charge in [-0.2, -0.15) is 0 Å². The Kier molecular flexibility index (Phi) is 11.0. The maximum atomic E-state index is 9.59. The Morgan fingerprint density at radius 1 is 0.826 bits per heavy atom. The van der Waals surface area contributed by atoms with E-state index in [9.17, 15) is 5.11 Å². The van der Waals surface area contributed by atoms with Crippen LogP contribution in [0, 0.1) is 0 Å². The van der Waals surface area contributed by atoms with Crippen LogP contribution < -0.4 is 5.73 Å². The molecule has 0 unspecified atom stereocenters. The predicted molar refractivity (Wildman–Crippen MR) is 96.8 cm³/mol. The molecule has 0 bridgehead atoms. The van der Waals surface area contributed by atoms with E-state index in [1.807, 2.05) is 60.7 Å². The Morgan fingerprint density at radius 2 is 1.13 bits per heavy atom. The quantitative estimate of drug-likeness (QED) is 0.550. The molecule has 0 aliphatic heterocycles. The van der Waals surface area contributed by atoms with Gasteiger partial charge in [-0.25, -0.2) is 0 Å². The standard InChI is InChI=1S/C15H15NOS.CH3NOS.Fe/c17-15(18)16(11-13-7-3-1-4-8-13)12-14-9-5-2-6-10-14;2-1(3)4;/h1-10H,11-12H2,(H,17,18);(H3,2,3,4);. The summed E-state index contributed by atoms with van der Waals surface area (Å²) in [4.78, 5) is 1.78. The fraction of sp³-hybridized carbons (Fsp3) is 0.125. The van der Waals surface area contributed by atoms with Gasteiger partial charge in [-0.1, -0.05) is 60.7 Å². The number of rotatable bonds is 4. The number of aliphatic hydroxyl groups excluding tert-OH is 2. The van der Waals surface area contributed by atoms with Gasteiger partial charge in [0.05, 0.1) is 0 Å². The van der Waals surface area contributed by atoms with Crippen molar-refractivity contribution >= 4 is 34.8 Å². The third-order valence-electron chi connectivity index (χ3n) is 2.70. The van der Waals surface area contributed by atoms with Crippen LogP contribution in [0.15, 0.2) is 60.7 Å². The van der Waals surface area contributed by atoms with Crippen molar-refractivity contribution in [3.05, 3.63) is 71.8 Å². The summed E-state index contributed by atoms with van der Waals surface area (Å²) in [7, 11) is 0. The molecule has 23 heavy (non-hydrogen) atoms. The first-order chi connectivity index (χ1) is 10.5. The average Bonchev–Trinajstić information content (AvgIpc) is 2.48. The van der Waals surface area contributed by atoms with E-state index in [1.54, 1.807) is 4.90 Å². The van der Waals surface area contributed by atoms with Gasteiger partial charge in [-0.15, -0.1) is 0 Å². The Balaban J connectivity index is 0.000000871. The Hall–Kier alpha value is -1.66. The van der Waals surface area contributed by atoms with E-state index in [2.05, 4.69) is 18.0 Å². The van der Waals surface area contributed by atoms with E-state index >= 15 is 0 Å². The zero-order valence-corrected chi connectivity index (χ0v) is 15.0. The van der Waals surface area contributed by atoms with Gasteiger partial charge in [0.2, 0.25) is 0 Å². The van der Waals surface area contributed by atoms with Gasteiger partial charge < -0.3 is 20.8 Å². The second kappa shape index (κ2) is 11.8. The number of benzene rings is 2. The van der Waals surface area contributed by atoms with Gasteiger partial charge in [-0.05, 0) is 35.6 Å². The number of hydrogen-bond donors (Lipinski definition) is 3. The fourth-order valence-corrected chi connectivity index (χ4v) is 1.93. The zero-order valence-electron chi connectivity index (χ0n) is 12.3. The largest absolute Gasteiger partial charge is 0.487 e. The summed E-state index contributed by atoms with van der Waals surface area (Å²) in [5, 5.41) is 16.6. The summed E-state index contributed by atoms with van der Waals surface area (Å²) >= 11 is 8.77. The van der Waals surface area contributed by atoms with Crippen molar-refractivity contribution in [3.63, 3.8) is 0 Å². The predicted octanol–water partition coefficient (Wildman–Crippen LogP) is 3.32. The Labute approximate surface area is 157 Å². The molecule has 0 aromatic heterocycles. The molecule has 0 aliphatic carbocycles. The molecule has 124 valence electrons. The summed E-state index contributed by atoms with van der Waals surface area (Å²) in [6, 6.07) is 20.0. The summed E-state index contributed by atoms with van der Waals surface area (Å²) in [6.45, 7) is 1.23. The molecular weight excluding hydrogens is 372 g/mol. The molecule has 7 heteroatoms. The number of thiocarbonyl (C=S) groups is 2. The maximum absolute atomic E-state index is 9.59. The smallest absolute Gasteiger partial charge is 0.257 e. The first kappa shape index (κ1) is 21.3. The van der Waals surface area contributed by atoms with Crippen molar-refractivity contribution in [3.8, 4) is 0 Å². The average molecular weight is 390 g/mol. The molecule has 4 N–H and O–H groups in total. The molecule has 2 aromatic carbocycles. The number of hydrogen-bond acceptors (Lipinski definition) is 2. The SMILES string of the molecule is NC(O)=S.OC(=S)N(Cc1ccccc1)Cc1ccccc1.[Fe]. The van der Waals surface area contributed by atoms with Gasteiger partial charge in [0.1, 0.15) is 0 Å². The van der Waals surface area contributed by atoms with Gasteiger partial charge in [0, 0.05) is 30.2 Å². The van der Waals surface area contributed by atoms with Crippen LogP contribution in [-0.2, 0) is 30.2 Å². The summed E-state index contributed by atoms with van der Waals surface area (Å²) in [5.74, 6) is 0. The number of aliphatic hydroxyl groups is 2. The van der Waals surface area contributed by atoms with Crippen LogP contribution in [0.4, 0.5) is 0 Å². The molecule has 0 atom stereocenters. The van der Waals surface area contributed by atoms with Gasteiger partial charge >= 0.3 is 0 Å². The van der Waals surface area contributed by atoms with E-state index in [0.29, 0.717) is 13.1 Å². The molecule has 2 aromatic rings. The topological polar surface area (TPSA) is 69.7 Å². The monoisotopic (exact) mass is 390 g/mol.